The van der Waals surface area contributed by atoms with E-state index in [9.17, 15) is 4.79 Å². The number of aliphatic carboxylic acids is 1. The molecule has 0 aliphatic rings. The van der Waals surface area contributed by atoms with Gasteiger partial charge in [-0.1, -0.05) is 30.3 Å². The molecule has 0 spiro atoms. The van der Waals surface area contributed by atoms with Crippen molar-refractivity contribution >= 4 is 5.97 Å². The van der Waals surface area contributed by atoms with Crippen molar-refractivity contribution in [1.29, 1.82) is 0 Å². The van der Waals surface area contributed by atoms with Crippen molar-refractivity contribution in [3.8, 4) is 0 Å². The fraction of sp³-hybridized carbons (Fsp3) is 0.417. The monoisotopic (exact) mass is 222 g/mol. The third kappa shape index (κ3) is 3.64. The summed E-state index contributed by atoms with van der Waals surface area (Å²) in [6.07, 6.45) is 0. The lowest BCUT2D eigenvalue weighted by Crippen LogP contribution is -2.41. The zero-order chi connectivity index (χ0) is 12.0. The predicted octanol–water partition coefficient (Wildman–Crippen LogP) is 0.920. The lowest BCUT2D eigenvalue weighted by Gasteiger charge is -2.25. The molecule has 16 heavy (non-hydrogen) atoms. The van der Waals surface area contributed by atoms with E-state index >= 15 is 0 Å². The van der Waals surface area contributed by atoms with E-state index < -0.39 is 12.0 Å². The van der Waals surface area contributed by atoms with E-state index in [0.717, 1.165) is 5.56 Å². The van der Waals surface area contributed by atoms with Gasteiger partial charge in [-0.3, -0.25) is 9.69 Å². The Kier molecular flexibility index (Phi) is 4.95. The summed E-state index contributed by atoms with van der Waals surface area (Å²) in [5, 5.41) is 8.97. The molecule has 0 saturated heterocycles. The van der Waals surface area contributed by atoms with Crippen LogP contribution in [0, 0.1) is 0 Å². The van der Waals surface area contributed by atoms with Gasteiger partial charge in [-0.2, -0.15) is 0 Å². The van der Waals surface area contributed by atoms with Crippen molar-refractivity contribution in [1.82, 2.24) is 4.90 Å². The Morgan fingerprint density at radius 2 is 2.06 bits per heavy atom. The molecule has 0 aromatic heterocycles. The molecule has 1 aromatic carbocycles. The van der Waals surface area contributed by atoms with Crippen LogP contribution in [0.4, 0.5) is 0 Å². The largest absolute Gasteiger partial charge is 0.480 e. The number of rotatable bonds is 6. The summed E-state index contributed by atoms with van der Waals surface area (Å²) in [6.45, 7) is 3.35. The first-order valence-corrected chi connectivity index (χ1v) is 5.36. The van der Waals surface area contributed by atoms with Gasteiger partial charge in [-0.05, 0) is 12.5 Å². The predicted molar refractivity (Wildman–Crippen MR) is 63.0 cm³/mol. The molecule has 0 bridgehead atoms. The van der Waals surface area contributed by atoms with Crippen LogP contribution in [0.5, 0.6) is 0 Å². The number of hydrogen-bond donors (Lipinski definition) is 2. The Hall–Kier alpha value is -1.39. The SMILES string of the molecule is CC(C(=O)O)N(CCN)Cc1ccccc1. The molecule has 4 heteroatoms. The number of nitrogens with two attached hydrogens (primary N) is 1. The second-order valence-corrected chi connectivity index (χ2v) is 3.76. The smallest absolute Gasteiger partial charge is 0.320 e. The lowest BCUT2D eigenvalue weighted by atomic mass is 10.2. The summed E-state index contributed by atoms with van der Waals surface area (Å²) in [4.78, 5) is 12.8. The maximum absolute atomic E-state index is 10.9. The number of nitrogens with zero attached hydrogens (tertiary/aromatic N) is 1. The van der Waals surface area contributed by atoms with Gasteiger partial charge in [0.25, 0.3) is 0 Å². The molecule has 1 atom stereocenters. The molecule has 0 aliphatic carbocycles. The van der Waals surface area contributed by atoms with Crippen LogP contribution in [0.2, 0.25) is 0 Å². The second-order valence-electron chi connectivity index (χ2n) is 3.76. The third-order valence-electron chi connectivity index (χ3n) is 2.55. The molecule has 0 amide bonds. The van der Waals surface area contributed by atoms with Gasteiger partial charge in [0.2, 0.25) is 0 Å². The summed E-state index contributed by atoms with van der Waals surface area (Å²) >= 11 is 0. The minimum Gasteiger partial charge on any atom is -0.480 e. The first-order valence-electron chi connectivity index (χ1n) is 5.36. The first-order chi connectivity index (χ1) is 7.65. The summed E-state index contributed by atoms with van der Waals surface area (Å²) in [5.41, 5.74) is 6.59. The first kappa shape index (κ1) is 12.7. The molecule has 0 aliphatic heterocycles. The van der Waals surface area contributed by atoms with Crippen LogP contribution in [0.3, 0.4) is 0 Å². The molecule has 1 unspecified atom stereocenters. The van der Waals surface area contributed by atoms with Crippen molar-refractivity contribution in [2.24, 2.45) is 5.73 Å². The topological polar surface area (TPSA) is 66.6 Å². The molecular weight excluding hydrogens is 204 g/mol. The van der Waals surface area contributed by atoms with Gasteiger partial charge < -0.3 is 10.8 Å². The molecule has 88 valence electrons. The van der Waals surface area contributed by atoms with Crippen molar-refractivity contribution in [2.45, 2.75) is 19.5 Å². The van der Waals surface area contributed by atoms with E-state index in [0.29, 0.717) is 19.6 Å². The number of hydrogen-bond acceptors (Lipinski definition) is 3. The van der Waals surface area contributed by atoms with E-state index in [2.05, 4.69) is 0 Å². The number of carboxylic acid groups (broad SMARTS) is 1. The number of carboxylic acids is 1. The Labute approximate surface area is 95.7 Å². The van der Waals surface area contributed by atoms with Crippen LogP contribution >= 0.6 is 0 Å². The van der Waals surface area contributed by atoms with Gasteiger partial charge in [0.1, 0.15) is 6.04 Å². The molecule has 4 nitrogen and oxygen atoms in total. The third-order valence-corrected chi connectivity index (χ3v) is 2.55. The Bertz CT molecular complexity index is 327. The molecule has 1 aromatic rings. The van der Waals surface area contributed by atoms with Gasteiger partial charge in [0.15, 0.2) is 0 Å². The average molecular weight is 222 g/mol. The standard InChI is InChI=1S/C12H18N2O2/c1-10(12(15)16)14(8-7-13)9-11-5-3-2-4-6-11/h2-6,10H,7-9,13H2,1H3,(H,15,16). The van der Waals surface area contributed by atoms with Crippen LogP contribution in [-0.2, 0) is 11.3 Å². The van der Waals surface area contributed by atoms with E-state index in [1.165, 1.54) is 0 Å². The van der Waals surface area contributed by atoms with Crippen LogP contribution < -0.4 is 5.73 Å². The highest BCUT2D eigenvalue weighted by Crippen LogP contribution is 2.07. The molecular formula is C12H18N2O2. The van der Waals surface area contributed by atoms with Gasteiger partial charge in [0, 0.05) is 19.6 Å². The van der Waals surface area contributed by atoms with Crippen molar-refractivity contribution in [3.63, 3.8) is 0 Å². The van der Waals surface area contributed by atoms with Gasteiger partial charge >= 0.3 is 5.97 Å². The van der Waals surface area contributed by atoms with Crippen molar-refractivity contribution < 1.29 is 9.90 Å². The molecule has 0 radical (unpaired) electrons. The van der Waals surface area contributed by atoms with Crippen LogP contribution in [0.25, 0.3) is 0 Å². The lowest BCUT2D eigenvalue weighted by molar-refractivity contribution is -0.142. The highest BCUT2D eigenvalue weighted by molar-refractivity contribution is 5.72. The Morgan fingerprint density at radius 1 is 1.44 bits per heavy atom. The average Bonchev–Trinajstić information content (AvgIpc) is 2.29. The second kappa shape index (κ2) is 6.25. The summed E-state index contributed by atoms with van der Waals surface area (Å²) in [7, 11) is 0. The zero-order valence-electron chi connectivity index (χ0n) is 9.47. The molecule has 0 saturated carbocycles. The van der Waals surface area contributed by atoms with Crippen molar-refractivity contribution in [2.75, 3.05) is 13.1 Å². The maximum atomic E-state index is 10.9. The van der Waals surface area contributed by atoms with E-state index in [1.54, 1.807) is 6.92 Å². The minimum atomic E-state index is -0.815. The van der Waals surface area contributed by atoms with Gasteiger partial charge in [-0.25, -0.2) is 0 Å². The summed E-state index contributed by atoms with van der Waals surface area (Å²) in [6, 6.07) is 9.29. The normalized spacial score (nSPS) is 12.7. The maximum Gasteiger partial charge on any atom is 0.320 e. The zero-order valence-corrected chi connectivity index (χ0v) is 9.47. The molecule has 1 rings (SSSR count). The minimum absolute atomic E-state index is 0.463. The highest BCUT2D eigenvalue weighted by atomic mass is 16.4. The van der Waals surface area contributed by atoms with E-state index in [1.807, 2.05) is 35.2 Å². The van der Waals surface area contributed by atoms with Crippen LogP contribution in [0.1, 0.15) is 12.5 Å². The Morgan fingerprint density at radius 3 is 2.56 bits per heavy atom. The fourth-order valence-electron chi connectivity index (χ4n) is 1.55. The highest BCUT2D eigenvalue weighted by Gasteiger charge is 2.19. The van der Waals surface area contributed by atoms with Crippen LogP contribution in [-0.4, -0.2) is 35.1 Å². The molecule has 3 N–H and O–H groups in total. The molecule has 0 heterocycles. The fourth-order valence-corrected chi connectivity index (χ4v) is 1.55. The summed E-state index contributed by atoms with van der Waals surface area (Å²) in [5.74, 6) is -0.815. The van der Waals surface area contributed by atoms with E-state index in [4.69, 9.17) is 10.8 Å². The summed E-state index contributed by atoms with van der Waals surface area (Å²) < 4.78 is 0. The van der Waals surface area contributed by atoms with Crippen molar-refractivity contribution in [3.05, 3.63) is 35.9 Å². The Balaban J connectivity index is 2.68. The van der Waals surface area contributed by atoms with E-state index in [-0.39, 0.29) is 0 Å². The van der Waals surface area contributed by atoms with Crippen LogP contribution in [0.15, 0.2) is 30.3 Å². The van der Waals surface area contributed by atoms with Gasteiger partial charge in [0.05, 0.1) is 0 Å². The number of benzene rings is 1. The van der Waals surface area contributed by atoms with Gasteiger partial charge in [-0.15, -0.1) is 0 Å². The quantitative estimate of drug-likeness (QED) is 0.751. The number of carbonyl (C=O) groups is 1. The molecule has 0 fully saturated rings.